The number of imidazole rings is 1. The number of aryl methyl sites for hydroxylation is 1. The molecule has 1 atom stereocenters. The molecule has 1 aliphatic rings. The Labute approximate surface area is 153 Å². The lowest BCUT2D eigenvalue weighted by Gasteiger charge is -2.14. The van der Waals surface area contributed by atoms with Crippen molar-refractivity contribution in [1.82, 2.24) is 19.3 Å². The van der Waals surface area contributed by atoms with Crippen molar-refractivity contribution in [1.29, 1.82) is 0 Å². The van der Waals surface area contributed by atoms with Crippen LogP contribution < -0.4 is 0 Å². The molecule has 0 N–H and O–H groups in total. The van der Waals surface area contributed by atoms with Crippen molar-refractivity contribution in [3.8, 4) is 11.3 Å². The lowest BCUT2D eigenvalue weighted by atomic mass is 10.1. The molecule has 0 unspecified atom stereocenters. The van der Waals surface area contributed by atoms with E-state index in [2.05, 4.69) is 26.8 Å². The highest BCUT2D eigenvalue weighted by atomic mass is 32.2. The molecule has 0 bridgehead atoms. The first-order valence-corrected chi connectivity index (χ1v) is 10.7. The average Bonchev–Trinajstić information content (AvgIpc) is 3.35. The van der Waals surface area contributed by atoms with E-state index in [0.717, 1.165) is 36.3 Å². The topological polar surface area (TPSA) is 69.8 Å². The second kappa shape index (κ2) is 7.07. The third kappa shape index (κ3) is 3.72. The van der Waals surface area contributed by atoms with E-state index in [1.807, 2.05) is 41.5 Å². The van der Waals surface area contributed by atoms with Crippen LogP contribution in [0.1, 0.15) is 12.1 Å². The van der Waals surface area contributed by atoms with Gasteiger partial charge in [0.25, 0.3) is 0 Å². The molecule has 1 saturated heterocycles. The smallest absolute Gasteiger partial charge is 0.150 e. The average molecular weight is 370 g/mol. The quantitative estimate of drug-likeness (QED) is 0.668. The van der Waals surface area contributed by atoms with Gasteiger partial charge in [0.1, 0.15) is 0 Å². The van der Waals surface area contributed by atoms with Gasteiger partial charge in [-0.1, -0.05) is 30.3 Å². The van der Waals surface area contributed by atoms with Gasteiger partial charge in [-0.3, -0.25) is 4.68 Å². The van der Waals surface area contributed by atoms with Crippen LogP contribution in [0.25, 0.3) is 11.3 Å². The summed E-state index contributed by atoms with van der Waals surface area (Å²) in [4.78, 5) is 4.65. The zero-order valence-electron chi connectivity index (χ0n) is 14.5. The Balaban J connectivity index is 1.61. The third-order valence-corrected chi connectivity index (χ3v) is 6.75. The normalized spacial score (nSPS) is 19.0. The first-order valence-electron chi connectivity index (χ1n) is 8.88. The van der Waals surface area contributed by atoms with E-state index in [1.165, 1.54) is 0 Å². The molecule has 7 heteroatoms. The fourth-order valence-electron chi connectivity index (χ4n) is 3.61. The molecule has 3 aromatic rings. The van der Waals surface area contributed by atoms with Gasteiger partial charge in [0, 0.05) is 43.2 Å². The SMILES string of the molecule is O=S1(=O)CC[C@@H](Cn2cnc(-c3ccccc3)c2CCn2cccn2)C1. The minimum Gasteiger partial charge on any atom is -0.334 e. The fourth-order valence-corrected chi connectivity index (χ4v) is 5.46. The van der Waals surface area contributed by atoms with Crippen LogP contribution in [0, 0.1) is 5.92 Å². The summed E-state index contributed by atoms with van der Waals surface area (Å²) >= 11 is 0. The van der Waals surface area contributed by atoms with Crippen LogP contribution in [0.4, 0.5) is 0 Å². The van der Waals surface area contributed by atoms with Crippen LogP contribution in [-0.2, 0) is 29.3 Å². The fraction of sp³-hybridized carbons (Fsp3) is 0.368. The molecule has 6 nitrogen and oxygen atoms in total. The second-order valence-electron chi connectivity index (χ2n) is 6.85. The molecule has 1 aromatic carbocycles. The monoisotopic (exact) mass is 370 g/mol. The van der Waals surface area contributed by atoms with Crippen LogP contribution in [0.2, 0.25) is 0 Å². The van der Waals surface area contributed by atoms with Crippen LogP contribution in [0.5, 0.6) is 0 Å². The minimum atomic E-state index is -2.87. The highest BCUT2D eigenvalue weighted by Gasteiger charge is 2.28. The van der Waals surface area contributed by atoms with Gasteiger partial charge in [0.2, 0.25) is 0 Å². The van der Waals surface area contributed by atoms with E-state index in [0.29, 0.717) is 12.3 Å². The number of benzene rings is 1. The number of hydrogen-bond donors (Lipinski definition) is 0. The van der Waals surface area contributed by atoms with Gasteiger partial charge in [0.05, 0.1) is 23.5 Å². The summed E-state index contributed by atoms with van der Waals surface area (Å²) in [5.74, 6) is 0.756. The Morgan fingerprint density at radius 3 is 2.69 bits per heavy atom. The summed E-state index contributed by atoms with van der Waals surface area (Å²) in [5, 5.41) is 4.28. The third-order valence-electron chi connectivity index (χ3n) is 4.91. The van der Waals surface area contributed by atoms with E-state index >= 15 is 0 Å². The highest BCUT2D eigenvalue weighted by molar-refractivity contribution is 7.91. The number of hydrogen-bond acceptors (Lipinski definition) is 4. The first kappa shape index (κ1) is 17.0. The number of rotatable bonds is 6. The summed E-state index contributed by atoms with van der Waals surface area (Å²) in [5.41, 5.74) is 3.19. The second-order valence-corrected chi connectivity index (χ2v) is 9.08. The Kier molecular flexibility index (Phi) is 4.63. The lowest BCUT2D eigenvalue weighted by molar-refractivity contribution is 0.473. The maximum absolute atomic E-state index is 11.8. The van der Waals surface area contributed by atoms with Gasteiger partial charge in [-0.15, -0.1) is 0 Å². The molecule has 0 radical (unpaired) electrons. The van der Waals surface area contributed by atoms with Crippen molar-refractivity contribution in [3.63, 3.8) is 0 Å². The Bertz CT molecular complexity index is 962. The number of aromatic nitrogens is 4. The summed E-state index contributed by atoms with van der Waals surface area (Å²) < 4.78 is 27.6. The maximum atomic E-state index is 11.8. The van der Waals surface area contributed by atoms with Crippen LogP contribution in [-0.4, -0.2) is 39.3 Å². The van der Waals surface area contributed by atoms with Crippen molar-refractivity contribution in [2.75, 3.05) is 11.5 Å². The summed E-state index contributed by atoms with van der Waals surface area (Å²) in [6.45, 7) is 1.47. The first-order chi connectivity index (χ1) is 12.6. The zero-order chi connectivity index (χ0) is 18.0. The van der Waals surface area contributed by atoms with Gasteiger partial charge in [-0.25, -0.2) is 13.4 Å². The molecule has 1 fully saturated rings. The molecule has 0 aliphatic carbocycles. The van der Waals surface area contributed by atoms with Crippen molar-refractivity contribution in [2.45, 2.75) is 25.9 Å². The van der Waals surface area contributed by atoms with Crippen molar-refractivity contribution in [2.24, 2.45) is 5.92 Å². The van der Waals surface area contributed by atoms with E-state index in [4.69, 9.17) is 0 Å². The summed E-state index contributed by atoms with van der Waals surface area (Å²) in [6.07, 6.45) is 7.11. The van der Waals surface area contributed by atoms with Crippen molar-refractivity contribution in [3.05, 3.63) is 60.8 Å². The van der Waals surface area contributed by atoms with Gasteiger partial charge in [0.15, 0.2) is 9.84 Å². The molecule has 4 rings (SSSR count). The van der Waals surface area contributed by atoms with Crippen LogP contribution in [0.15, 0.2) is 55.1 Å². The van der Waals surface area contributed by atoms with E-state index < -0.39 is 9.84 Å². The molecular formula is C19H22N4O2S. The molecule has 0 spiro atoms. The molecule has 1 aliphatic heterocycles. The van der Waals surface area contributed by atoms with Gasteiger partial charge in [-0.2, -0.15) is 5.10 Å². The summed E-state index contributed by atoms with van der Waals surface area (Å²) in [7, 11) is -2.87. The molecule has 136 valence electrons. The predicted octanol–water partition coefficient (Wildman–Crippen LogP) is 2.42. The predicted molar refractivity (Wildman–Crippen MR) is 100 cm³/mol. The van der Waals surface area contributed by atoms with Gasteiger partial charge < -0.3 is 4.57 Å². The Morgan fingerprint density at radius 1 is 1.15 bits per heavy atom. The van der Waals surface area contributed by atoms with E-state index in [1.54, 1.807) is 6.20 Å². The molecule has 0 amide bonds. The van der Waals surface area contributed by atoms with Crippen LogP contribution in [0.3, 0.4) is 0 Å². The largest absolute Gasteiger partial charge is 0.334 e. The van der Waals surface area contributed by atoms with Crippen LogP contribution >= 0.6 is 0 Å². The lowest BCUT2D eigenvalue weighted by Crippen LogP contribution is -2.15. The standard InChI is InChI=1S/C19H22N4O2S/c24-26(25)12-8-16(14-26)13-22-15-20-19(17-5-2-1-3-6-17)18(22)7-11-23-10-4-9-21-23/h1-6,9-10,15-16H,7-8,11-14H2/t16-/m0/s1. The van der Waals surface area contributed by atoms with Gasteiger partial charge in [-0.05, 0) is 18.4 Å². The maximum Gasteiger partial charge on any atom is 0.150 e. The molecule has 26 heavy (non-hydrogen) atoms. The minimum absolute atomic E-state index is 0.168. The number of nitrogens with zero attached hydrogens (tertiary/aromatic N) is 4. The van der Waals surface area contributed by atoms with E-state index in [-0.39, 0.29) is 11.7 Å². The molecule has 3 heterocycles. The summed E-state index contributed by atoms with van der Waals surface area (Å²) in [6, 6.07) is 12.0. The highest BCUT2D eigenvalue weighted by Crippen LogP contribution is 2.26. The van der Waals surface area contributed by atoms with Gasteiger partial charge >= 0.3 is 0 Å². The number of sulfone groups is 1. The molecule has 0 saturated carbocycles. The molecule has 2 aromatic heterocycles. The van der Waals surface area contributed by atoms with E-state index in [9.17, 15) is 8.42 Å². The molecular weight excluding hydrogens is 348 g/mol. The Morgan fingerprint density at radius 2 is 2.00 bits per heavy atom. The Hall–Kier alpha value is -2.41. The zero-order valence-corrected chi connectivity index (χ0v) is 15.3. The van der Waals surface area contributed by atoms with Crippen molar-refractivity contribution < 1.29 is 8.42 Å². The van der Waals surface area contributed by atoms with Crippen molar-refractivity contribution >= 4 is 9.84 Å².